The highest BCUT2D eigenvalue weighted by Gasteiger charge is 2.27. The number of halogens is 1. The minimum absolute atomic E-state index is 0.121. The summed E-state index contributed by atoms with van der Waals surface area (Å²) in [6, 6.07) is 8.38. The number of ether oxygens (including phenoxy) is 3. The minimum Gasteiger partial charge on any atom is -0.493 e. The molecule has 148 valence electrons. The second-order valence-corrected chi connectivity index (χ2v) is 6.83. The van der Waals surface area contributed by atoms with E-state index in [0.717, 1.165) is 16.7 Å². The molecule has 0 bridgehead atoms. The van der Waals surface area contributed by atoms with Crippen LogP contribution in [-0.2, 0) is 0 Å². The molecule has 1 aliphatic rings. The maximum absolute atomic E-state index is 13.4. The van der Waals surface area contributed by atoms with Crippen LogP contribution in [0.3, 0.4) is 0 Å². The van der Waals surface area contributed by atoms with Crippen LogP contribution in [0.25, 0.3) is 12.2 Å². The third kappa shape index (κ3) is 3.90. The molecule has 0 fully saturated rings. The Kier molecular flexibility index (Phi) is 6.05. The molecule has 1 N–H and O–H groups in total. The number of fused-ring (bicyclic) bond motifs is 1. The van der Waals surface area contributed by atoms with E-state index >= 15 is 0 Å². The predicted molar refractivity (Wildman–Crippen MR) is 108 cm³/mol. The highest BCUT2D eigenvalue weighted by atomic mass is 19.1. The smallest absolute Gasteiger partial charge is 0.203 e. The van der Waals surface area contributed by atoms with Gasteiger partial charge in [0.25, 0.3) is 0 Å². The Morgan fingerprint density at radius 2 is 1.71 bits per heavy atom. The Balaban J connectivity index is 1.79. The van der Waals surface area contributed by atoms with Crippen molar-refractivity contribution in [3.8, 4) is 17.2 Å². The van der Waals surface area contributed by atoms with Gasteiger partial charge in [0.15, 0.2) is 11.5 Å². The molecule has 0 saturated heterocycles. The van der Waals surface area contributed by atoms with E-state index in [9.17, 15) is 9.50 Å². The number of hydrogen-bond acceptors (Lipinski definition) is 4. The first-order valence-corrected chi connectivity index (χ1v) is 9.12. The van der Waals surface area contributed by atoms with Crippen LogP contribution in [0, 0.1) is 11.7 Å². The third-order valence-corrected chi connectivity index (χ3v) is 5.08. The van der Waals surface area contributed by atoms with Crippen LogP contribution in [0.4, 0.5) is 4.39 Å². The zero-order valence-corrected chi connectivity index (χ0v) is 16.5. The Labute approximate surface area is 164 Å². The van der Waals surface area contributed by atoms with E-state index in [4.69, 9.17) is 14.2 Å². The summed E-state index contributed by atoms with van der Waals surface area (Å²) in [5, 5.41) is 10.8. The number of aliphatic hydroxyl groups excluding tert-OH is 1. The molecule has 2 aromatic rings. The molecule has 0 aliphatic heterocycles. The number of aliphatic hydroxyl groups is 1. The summed E-state index contributed by atoms with van der Waals surface area (Å²) in [7, 11) is 4.71. The zero-order chi connectivity index (χ0) is 20.3. The van der Waals surface area contributed by atoms with Crippen LogP contribution >= 0.6 is 0 Å². The molecule has 3 atom stereocenters. The first kappa shape index (κ1) is 20.0. The summed E-state index contributed by atoms with van der Waals surface area (Å²) in [4.78, 5) is 0. The average molecular weight is 384 g/mol. The van der Waals surface area contributed by atoms with E-state index in [1.165, 1.54) is 12.1 Å². The molecule has 0 spiro atoms. The third-order valence-electron chi connectivity index (χ3n) is 5.08. The fourth-order valence-corrected chi connectivity index (χ4v) is 3.50. The summed E-state index contributed by atoms with van der Waals surface area (Å²) < 4.78 is 29.5. The standard InChI is InChI=1S/C23H25FO4/c1-14(22(25)19-9-7-16-13-17(24)8-10-18(16)19)5-6-15-11-20(26-2)23(28-4)21(12-15)27-3/h5-14,19,22,25H,1-4H3/b6-5-. The summed E-state index contributed by atoms with van der Waals surface area (Å²) in [6.07, 6.45) is 7.03. The van der Waals surface area contributed by atoms with Crippen LogP contribution in [-0.4, -0.2) is 32.5 Å². The van der Waals surface area contributed by atoms with Crippen molar-refractivity contribution in [1.29, 1.82) is 0 Å². The lowest BCUT2D eigenvalue weighted by Crippen LogP contribution is -2.22. The van der Waals surface area contributed by atoms with E-state index in [1.54, 1.807) is 27.4 Å². The molecule has 4 nitrogen and oxygen atoms in total. The van der Waals surface area contributed by atoms with Gasteiger partial charge in [0, 0.05) is 11.8 Å². The molecule has 0 aromatic heterocycles. The van der Waals surface area contributed by atoms with Gasteiger partial charge >= 0.3 is 0 Å². The van der Waals surface area contributed by atoms with Gasteiger partial charge in [0.2, 0.25) is 5.75 Å². The van der Waals surface area contributed by atoms with Gasteiger partial charge in [-0.15, -0.1) is 0 Å². The van der Waals surface area contributed by atoms with Gasteiger partial charge in [0.1, 0.15) is 5.82 Å². The van der Waals surface area contributed by atoms with Crippen LogP contribution in [0.2, 0.25) is 0 Å². The molecule has 28 heavy (non-hydrogen) atoms. The van der Waals surface area contributed by atoms with Crippen molar-refractivity contribution in [2.24, 2.45) is 5.92 Å². The van der Waals surface area contributed by atoms with Crippen molar-refractivity contribution in [2.45, 2.75) is 18.9 Å². The number of methoxy groups -OCH3 is 3. The van der Waals surface area contributed by atoms with Gasteiger partial charge in [-0.2, -0.15) is 0 Å². The summed E-state index contributed by atoms with van der Waals surface area (Å²) >= 11 is 0. The van der Waals surface area contributed by atoms with E-state index in [0.29, 0.717) is 17.2 Å². The fraction of sp³-hybridized carbons (Fsp3) is 0.304. The molecule has 3 rings (SSSR count). The molecular formula is C23H25FO4. The molecule has 1 aliphatic carbocycles. The normalized spacial score (nSPS) is 17.4. The number of rotatable bonds is 7. The summed E-state index contributed by atoms with van der Waals surface area (Å²) in [5.41, 5.74) is 2.64. The number of benzene rings is 2. The highest BCUT2D eigenvalue weighted by Crippen LogP contribution is 2.39. The van der Waals surface area contributed by atoms with Gasteiger partial charge in [-0.05, 0) is 41.0 Å². The zero-order valence-electron chi connectivity index (χ0n) is 16.5. The highest BCUT2D eigenvalue weighted by molar-refractivity contribution is 5.64. The molecule has 0 saturated carbocycles. The Morgan fingerprint density at radius 3 is 2.32 bits per heavy atom. The van der Waals surface area contributed by atoms with E-state index in [-0.39, 0.29) is 17.7 Å². The Hall–Kier alpha value is -2.79. The van der Waals surface area contributed by atoms with Crippen molar-refractivity contribution >= 4 is 12.2 Å². The first-order valence-electron chi connectivity index (χ1n) is 9.12. The van der Waals surface area contributed by atoms with Gasteiger partial charge in [0.05, 0.1) is 27.4 Å². The maximum atomic E-state index is 13.4. The lowest BCUT2D eigenvalue weighted by atomic mass is 9.87. The maximum Gasteiger partial charge on any atom is 0.203 e. The first-order chi connectivity index (χ1) is 13.5. The van der Waals surface area contributed by atoms with Crippen molar-refractivity contribution in [1.82, 2.24) is 0 Å². The Bertz CT molecular complexity index is 878. The molecule has 0 radical (unpaired) electrons. The van der Waals surface area contributed by atoms with Crippen LogP contribution in [0.15, 0.2) is 42.5 Å². The Morgan fingerprint density at radius 1 is 1.04 bits per heavy atom. The van der Waals surface area contributed by atoms with Crippen LogP contribution in [0.1, 0.15) is 29.5 Å². The van der Waals surface area contributed by atoms with E-state index in [2.05, 4.69) is 0 Å². The van der Waals surface area contributed by atoms with Crippen LogP contribution < -0.4 is 14.2 Å². The second-order valence-electron chi connectivity index (χ2n) is 6.83. The van der Waals surface area contributed by atoms with Crippen LogP contribution in [0.5, 0.6) is 17.2 Å². The van der Waals surface area contributed by atoms with E-state index in [1.807, 2.05) is 43.4 Å². The fourth-order valence-electron chi connectivity index (χ4n) is 3.50. The van der Waals surface area contributed by atoms with Crippen molar-refractivity contribution in [2.75, 3.05) is 21.3 Å². The lowest BCUT2D eigenvalue weighted by Gasteiger charge is -2.22. The lowest BCUT2D eigenvalue weighted by molar-refractivity contribution is 0.124. The van der Waals surface area contributed by atoms with Gasteiger partial charge in [-0.25, -0.2) is 4.39 Å². The monoisotopic (exact) mass is 384 g/mol. The predicted octanol–water partition coefficient (Wildman–Crippen LogP) is 4.67. The average Bonchev–Trinajstić information content (AvgIpc) is 3.13. The minimum atomic E-state index is -0.624. The second kappa shape index (κ2) is 8.48. The SMILES string of the molecule is COc1cc(/C=C\C(C)C(O)C2C=Cc3cc(F)ccc32)cc(OC)c1OC. The van der Waals surface area contributed by atoms with Crippen molar-refractivity contribution in [3.63, 3.8) is 0 Å². The molecule has 5 heteroatoms. The van der Waals surface area contributed by atoms with Gasteiger partial charge < -0.3 is 19.3 Å². The molecule has 3 unspecified atom stereocenters. The van der Waals surface area contributed by atoms with Crippen molar-refractivity contribution < 1.29 is 23.7 Å². The van der Waals surface area contributed by atoms with E-state index < -0.39 is 6.10 Å². The molecule has 0 amide bonds. The quantitative estimate of drug-likeness (QED) is 0.753. The summed E-state index contributed by atoms with van der Waals surface area (Å²) in [5.74, 6) is 1.14. The largest absolute Gasteiger partial charge is 0.493 e. The topological polar surface area (TPSA) is 47.9 Å². The number of hydrogen-bond donors (Lipinski definition) is 1. The van der Waals surface area contributed by atoms with Crippen molar-refractivity contribution in [3.05, 3.63) is 65.0 Å². The molecular weight excluding hydrogens is 359 g/mol. The van der Waals surface area contributed by atoms with Gasteiger partial charge in [-0.3, -0.25) is 0 Å². The molecule has 2 aromatic carbocycles. The molecule has 0 heterocycles. The van der Waals surface area contributed by atoms with Gasteiger partial charge in [-0.1, -0.05) is 37.3 Å². The summed E-state index contributed by atoms with van der Waals surface area (Å²) in [6.45, 7) is 1.95.